The van der Waals surface area contributed by atoms with Crippen molar-refractivity contribution in [2.75, 3.05) is 18.0 Å². The van der Waals surface area contributed by atoms with Crippen molar-refractivity contribution in [1.82, 2.24) is 20.0 Å². The predicted octanol–water partition coefficient (Wildman–Crippen LogP) is 4.73. The lowest BCUT2D eigenvalue weighted by atomic mass is 9.69. The summed E-state index contributed by atoms with van der Waals surface area (Å²) in [7, 11) is 0. The smallest absolute Gasteiger partial charge is 0.259 e. The van der Waals surface area contributed by atoms with Gasteiger partial charge in [-0.1, -0.05) is 38.1 Å². The summed E-state index contributed by atoms with van der Waals surface area (Å²) < 4.78 is 1.97. The van der Waals surface area contributed by atoms with E-state index in [1.165, 1.54) is 12.0 Å². The van der Waals surface area contributed by atoms with E-state index in [1.54, 1.807) is 4.90 Å². The van der Waals surface area contributed by atoms with Crippen LogP contribution in [-0.4, -0.2) is 51.5 Å². The Bertz CT molecular complexity index is 1560. The molecule has 1 atom stereocenters. The van der Waals surface area contributed by atoms with Crippen molar-refractivity contribution < 1.29 is 14.4 Å². The van der Waals surface area contributed by atoms with E-state index in [0.29, 0.717) is 42.5 Å². The molecule has 2 aromatic carbocycles. The molecule has 1 aliphatic carbocycles. The molecule has 3 aromatic rings. The molecule has 3 amide bonds. The Morgan fingerprint density at radius 1 is 1.12 bits per heavy atom. The summed E-state index contributed by atoms with van der Waals surface area (Å²) in [5.74, 6) is 0.448. The first kappa shape index (κ1) is 25.1. The number of aromatic nitrogens is 2. The van der Waals surface area contributed by atoms with Gasteiger partial charge < -0.3 is 10.2 Å². The van der Waals surface area contributed by atoms with E-state index in [2.05, 4.69) is 47.1 Å². The zero-order valence-electron chi connectivity index (χ0n) is 23.0. The van der Waals surface area contributed by atoms with Crippen molar-refractivity contribution in [3.63, 3.8) is 0 Å². The minimum Gasteiger partial charge on any atom is -0.342 e. The first-order valence-electron chi connectivity index (χ1n) is 14.5. The van der Waals surface area contributed by atoms with Crippen molar-refractivity contribution in [3.05, 3.63) is 71.7 Å². The number of carbonyl (C=O) groups is 3. The zero-order valence-corrected chi connectivity index (χ0v) is 23.0. The third-order valence-electron chi connectivity index (χ3n) is 9.66. The SMILES string of the molecule is C=C1CCC(N2C(=O)c3cccc4c(Cn5cc(C6CCN(C(=O)C7(C)CCC7)CC6)cn5)ccc2c34)C(=O)N1. The van der Waals surface area contributed by atoms with E-state index in [-0.39, 0.29) is 17.2 Å². The summed E-state index contributed by atoms with van der Waals surface area (Å²) in [6.45, 7) is 8.21. The molecule has 0 radical (unpaired) electrons. The summed E-state index contributed by atoms with van der Waals surface area (Å²) in [6.07, 6.45) is 10.5. The van der Waals surface area contributed by atoms with Gasteiger partial charge in [0.05, 0.1) is 18.4 Å². The summed E-state index contributed by atoms with van der Waals surface area (Å²) in [6, 6.07) is 9.32. The van der Waals surface area contributed by atoms with Crippen LogP contribution in [0.25, 0.3) is 10.8 Å². The Hall–Kier alpha value is -3.94. The lowest BCUT2D eigenvalue weighted by Crippen LogP contribution is -2.51. The first-order valence-corrected chi connectivity index (χ1v) is 14.5. The highest BCUT2D eigenvalue weighted by atomic mass is 16.2. The number of amides is 3. The van der Waals surface area contributed by atoms with E-state index in [9.17, 15) is 14.4 Å². The van der Waals surface area contributed by atoms with Gasteiger partial charge in [-0.25, -0.2) is 0 Å². The number of carbonyl (C=O) groups excluding carboxylic acids is 3. The number of piperidine rings is 2. The summed E-state index contributed by atoms with van der Waals surface area (Å²) >= 11 is 0. The molecule has 8 nitrogen and oxygen atoms in total. The molecule has 7 rings (SSSR count). The summed E-state index contributed by atoms with van der Waals surface area (Å²) in [4.78, 5) is 42.9. The number of nitrogens with one attached hydrogen (secondary N) is 1. The average molecular weight is 538 g/mol. The normalized spacial score (nSPS) is 22.5. The predicted molar refractivity (Wildman–Crippen MR) is 153 cm³/mol. The third-order valence-corrected chi connectivity index (χ3v) is 9.66. The molecule has 8 heteroatoms. The van der Waals surface area contributed by atoms with Crippen LogP contribution in [0, 0.1) is 5.41 Å². The number of anilines is 1. The number of benzene rings is 2. The molecular weight excluding hydrogens is 502 g/mol. The Balaban J connectivity index is 1.09. The van der Waals surface area contributed by atoms with Crippen molar-refractivity contribution in [1.29, 1.82) is 0 Å². The van der Waals surface area contributed by atoms with Crippen LogP contribution < -0.4 is 10.2 Å². The van der Waals surface area contributed by atoms with Gasteiger partial charge >= 0.3 is 0 Å². The quantitative estimate of drug-likeness (QED) is 0.510. The van der Waals surface area contributed by atoms with Crippen LogP contribution in [0.1, 0.15) is 79.3 Å². The molecule has 4 heterocycles. The van der Waals surface area contributed by atoms with Crippen molar-refractivity contribution >= 4 is 34.2 Å². The van der Waals surface area contributed by atoms with Crippen LogP contribution in [0.5, 0.6) is 0 Å². The minimum absolute atomic E-state index is 0.122. The van der Waals surface area contributed by atoms with Gasteiger partial charge in [-0.15, -0.1) is 0 Å². The molecule has 3 aliphatic heterocycles. The molecule has 3 fully saturated rings. The number of nitrogens with zero attached hydrogens (tertiary/aromatic N) is 4. The molecule has 4 aliphatic rings. The maximum absolute atomic E-state index is 13.5. The highest BCUT2D eigenvalue weighted by Gasteiger charge is 2.43. The van der Waals surface area contributed by atoms with Gasteiger partial charge in [0.15, 0.2) is 0 Å². The second kappa shape index (κ2) is 9.32. The van der Waals surface area contributed by atoms with E-state index in [0.717, 1.165) is 60.8 Å². The summed E-state index contributed by atoms with van der Waals surface area (Å²) in [5.41, 5.74) is 4.32. The Morgan fingerprint density at radius 2 is 1.93 bits per heavy atom. The lowest BCUT2D eigenvalue weighted by molar-refractivity contribution is -0.147. The molecular formula is C32H35N5O3. The molecule has 1 N–H and O–H groups in total. The van der Waals surface area contributed by atoms with Gasteiger partial charge in [-0.2, -0.15) is 5.10 Å². The second-order valence-corrected chi connectivity index (χ2v) is 12.2. The largest absolute Gasteiger partial charge is 0.342 e. The van der Waals surface area contributed by atoms with E-state index >= 15 is 0 Å². The van der Waals surface area contributed by atoms with Gasteiger partial charge in [0, 0.05) is 41.3 Å². The van der Waals surface area contributed by atoms with Crippen LogP contribution in [0.15, 0.2) is 55.0 Å². The zero-order chi connectivity index (χ0) is 27.6. The number of hydrogen-bond donors (Lipinski definition) is 1. The van der Waals surface area contributed by atoms with Crippen LogP contribution in [0.3, 0.4) is 0 Å². The lowest BCUT2D eigenvalue weighted by Gasteiger charge is -2.43. The van der Waals surface area contributed by atoms with Gasteiger partial charge in [0.2, 0.25) is 11.8 Å². The van der Waals surface area contributed by atoms with Crippen LogP contribution in [-0.2, 0) is 16.1 Å². The molecule has 0 spiro atoms. The monoisotopic (exact) mass is 537 g/mol. The molecule has 0 bridgehead atoms. The fraction of sp³-hybridized carbons (Fsp3) is 0.438. The van der Waals surface area contributed by atoms with Crippen molar-refractivity contribution in [2.24, 2.45) is 5.41 Å². The fourth-order valence-corrected chi connectivity index (χ4v) is 7.09. The topological polar surface area (TPSA) is 87.5 Å². The van der Waals surface area contributed by atoms with Gasteiger partial charge in [-0.3, -0.25) is 24.0 Å². The molecule has 2 saturated heterocycles. The summed E-state index contributed by atoms with van der Waals surface area (Å²) in [5, 5.41) is 9.43. The van der Waals surface area contributed by atoms with Crippen LogP contribution in [0.4, 0.5) is 5.69 Å². The fourth-order valence-electron chi connectivity index (χ4n) is 7.09. The number of likely N-dealkylation sites (tertiary alicyclic amines) is 1. The maximum Gasteiger partial charge on any atom is 0.259 e. The van der Waals surface area contributed by atoms with Crippen molar-refractivity contribution in [2.45, 2.75) is 70.4 Å². The Morgan fingerprint density at radius 3 is 2.65 bits per heavy atom. The molecule has 1 aromatic heterocycles. The number of hydrogen-bond acceptors (Lipinski definition) is 4. The molecule has 206 valence electrons. The van der Waals surface area contributed by atoms with Crippen molar-refractivity contribution in [3.8, 4) is 0 Å². The van der Waals surface area contributed by atoms with E-state index in [4.69, 9.17) is 0 Å². The Kier molecular flexibility index (Phi) is 5.84. The van der Waals surface area contributed by atoms with E-state index < -0.39 is 6.04 Å². The van der Waals surface area contributed by atoms with Crippen LogP contribution in [0.2, 0.25) is 0 Å². The third kappa shape index (κ3) is 3.95. The van der Waals surface area contributed by atoms with Gasteiger partial charge in [0.1, 0.15) is 6.04 Å². The number of rotatable bonds is 5. The standard InChI is InChI=1S/C32H35N5O3/c1-20-7-9-27(29(38)34-20)37-26-10-8-22(24-5-3-6-25(28(24)26)30(37)39)18-36-19-23(17-33-36)21-11-15-35(16-12-21)31(40)32(2)13-4-14-32/h3,5-6,8,10,17,19,21,27H,1,4,7,9,11-16,18H2,2H3,(H,34,38). The minimum atomic E-state index is -0.536. The van der Waals surface area contributed by atoms with E-state index in [1.807, 2.05) is 29.1 Å². The van der Waals surface area contributed by atoms with Gasteiger partial charge in [-0.05, 0) is 73.1 Å². The van der Waals surface area contributed by atoms with Crippen LogP contribution >= 0.6 is 0 Å². The van der Waals surface area contributed by atoms with Gasteiger partial charge in [0.25, 0.3) is 5.91 Å². The molecule has 40 heavy (non-hydrogen) atoms. The number of allylic oxidation sites excluding steroid dienone is 1. The maximum atomic E-state index is 13.5. The average Bonchev–Trinajstić information content (AvgIpc) is 3.52. The second-order valence-electron chi connectivity index (χ2n) is 12.2. The highest BCUT2D eigenvalue weighted by molar-refractivity contribution is 6.27. The highest BCUT2D eigenvalue weighted by Crippen LogP contribution is 2.43. The molecule has 1 saturated carbocycles. The molecule has 1 unspecified atom stereocenters. The Labute approximate surface area is 234 Å². The first-order chi connectivity index (χ1) is 19.3.